The summed E-state index contributed by atoms with van der Waals surface area (Å²) in [5, 5.41) is 3.10. The van der Waals surface area contributed by atoms with Crippen molar-refractivity contribution in [1.29, 1.82) is 0 Å². The maximum absolute atomic E-state index is 5.65. The molecule has 0 fully saturated rings. The number of nitrogens with one attached hydrogen (secondary N) is 1. The summed E-state index contributed by atoms with van der Waals surface area (Å²) in [5.41, 5.74) is 6.58. The van der Waals surface area contributed by atoms with Crippen LogP contribution in [-0.2, 0) is 6.42 Å². The summed E-state index contributed by atoms with van der Waals surface area (Å²) in [6, 6.07) is 3.90. The molecule has 0 aromatic carbocycles. The quantitative estimate of drug-likeness (QED) is 0.846. The van der Waals surface area contributed by atoms with Crippen molar-refractivity contribution in [3.63, 3.8) is 0 Å². The number of nitrogen functional groups attached to an aromatic ring is 1. The van der Waals surface area contributed by atoms with E-state index in [4.69, 9.17) is 17.3 Å². The van der Waals surface area contributed by atoms with E-state index >= 15 is 0 Å². The van der Waals surface area contributed by atoms with E-state index in [9.17, 15) is 0 Å². The molecular formula is C10H11ClN6. The second-order valence-corrected chi connectivity index (χ2v) is 3.66. The van der Waals surface area contributed by atoms with Gasteiger partial charge in [0.2, 0.25) is 17.2 Å². The molecule has 0 aliphatic heterocycles. The number of aromatic nitrogens is 4. The van der Waals surface area contributed by atoms with E-state index in [0.29, 0.717) is 12.5 Å². The van der Waals surface area contributed by atoms with Gasteiger partial charge < -0.3 is 11.1 Å². The molecule has 0 unspecified atom stereocenters. The third-order valence-electron chi connectivity index (χ3n) is 2.04. The molecule has 0 saturated heterocycles. The lowest BCUT2D eigenvalue weighted by molar-refractivity contribution is 0.961. The average Bonchev–Trinajstić information content (AvgIpc) is 2.29. The summed E-state index contributed by atoms with van der Waals surface area (Å²) in [6.45, 7) is 0.672. The fourth-order valence-corrected chi connectivity index (χ4v) is 1.48. The van der Waals surface area contributed by atoms with Crippen molar-refractivity contribution in [3.05, 3.63) is 35.4 Å². The molecule has 0 saturated carbocycles. The molecule has 7 heteroatoms. The zero-order chi connectivity index (χ0) is 12.1. The molecule has 2 rings (SSSR count). The predicted molar refractivity (Wildman–Crippen MR) is 65.7 cm³/mol. The van der Waals surface area contributed by atoms with E-state index in [2.05, 4.69) is 25.3 Å². The second-order valence-electron chi connectivity index (χ2n) is 3.32. The van der Waals surface area contributed by atoms with E-state index < -0.39 is 0 Å². The Balaban J connectivity index is 1.90. The van der Waals surface area contributed by atoms with Crippen LogP contribution in [0.4, 0.5) is 11.9 Å². The molecule has 6 nitrogen and oxygen atoms in total. The minimum Gasteiger partial charge on any atom is -0.368 e. The topological polar surface area (TPSA) is 89.6 Å². The zero-order valence-electron chi connectivity index (χ0n) is 8.97. The van der Waals surface area contributed by atoms with E-state index in [1.54, 1.807) is 6.20 Å². The van der Waals surface area contributed by atoms with Crippen LogP contribution in [0.2, 0.25) is 5.28 Å². The van der Waals surface area contributed by atoms with Gasteiger partial charge in [-0.2, -0.15) is 15.0 Å². The number of halogens is 1. The molecule has 0 aliphatic rings. The van der Waals surface area contributed by atoms with Crippen LogP contribution >= 0.6 is 11.6 Å². The first-order valence-electron chi connectivity index (χ1n) is 5.04. The molecule has 0 radical (unpaired) electrons. The van der Waals surface area contributed by atoms with Crippen LogP contribution in [0.3, 0.4) is 0 Å². The van der Waals surface area contributed by atoms with Crippen LogP contribution < -0.4 is 11.1 Å². The van der Waals surface area contributed by atoms with Gasteiger partial charge in [0.15, 0.2) is 0 Å². The third-order valence-corrected chi connectivity index (χ3v) is 2.21. The molecule has 0 aliphatic carbocycles. The van der Waals surface area contributed by atoms with E-state index in [1.165, 1.54) is 0 Å². The molecule has 0 atom stereocenters. The second kappa shape index (κ2) is 5.40. The molecule has 0 bridgehead atoms. The third kappa shape index (κ3) is 3.53. The van der Waals surface area contributed by atoms with Gasteiger partial charge in [-0.3, -0.25) is 4.98 Å². The average molecular weight is 251 g/mol. The van der Waals surface area contributed by atoms with Gasteiger partial charge in [-0.1, -0.05) is 6.07 Å². The van der Waals surface area contributed by atoms with Gasteiger partial charge in [0.1, 0.15) is 0 Å². The Bertz CT molecular complexity index is 469. The number of rotatable bonds is 4. The summed E-state index contributed by atoms with van der Waals surface area (Å²) in [5.74, 6) is 0.486. The predicted octanol–water partition coefficient (Wildman–Crippen LogP) is 1.16. The highest BCUT2D eigenvalue weighted by Gasteiger charge is 2.01. The van der Waals surface area contributed by atoms with Crippen LogP contribution in [0.1, 0.15) is 5.56 Å². The summed E-state index contributed by atoms with van der Waals surface area (Å²) in [7, 11) is 0. The van der Waals surface area contributed by atoms with Crippen LogP contribution in [0.15, 0.2) is 24.5 Å². The van der Waals surface area contributed by atoms with E-state index in [0.717, 1.165) is 12.0 Å². The van der Waals surface area contributed by atoms with Crippen LogP contribution in [0, 0.1) is 0 Å². The first-order valence-corrected chi connectivity index (χ1v) is 5.41. The van der Waals surface area contributed by atoms with Crippen molar-refractivity contribution in [2.45, 2.75) is 6.42 Å². The largest absolute Gasteiger partial charge is 0.368 e. The van der Waals surface area contributed by atoms with Crippen LogP contribution in [0.25, 0.3) is 0 Å². The molecule has 17 heavy (non-hydrogen) atoms. The fourth-order valence-electron chi connectivity index (χ4n) is 1.31. The van der Waals surface area contributed by atoms with Gasteiger partial charge in [0.25, 0.3) is 0 Å². The number of nitrogens with two attached hydrogens (primary N) is 1. The Morgan fingerprint density at radius 2 is 2.18 bits per heavy atom. The Kier molecular flexibility index (Phi) is 3.66. The normalized spacial score (nSPS) is 10.2. The number of anilines is 2. The Morgan fingerprint density at radius 3 is 2.88 bits per heavy atom. The lowest BCUT2D eigenvalue weighted by Gasteiger charge is -2.04. The number of hydrogen-bond donors (Lipinski definition) is 2. The molecule has 2 aromatic rings. The lowest BCUT2D eigenvalue weighted by atomic mass is 10.2. The van der Waals surface area contributed by atoms with Crippen molar-refractivity contribution in [1.82, 2.24) is 19.9 Å². The van der Waals surface area contributed by atoms with Crippen molar-refractivity contribution in [3.8, 4) is 0 Å². The number of hydrogen-bond acceptors (Lipinski definition) is 6. The zero-order valence-corrected chi connectivity index (χ0v) is 9.72. The molecule has 2 heterocycles. The number of pyridine rings is 1. The number of nitrogens with zero attached hydrogens (tertiary/aromatic N) is 4. The fraction of sp³-hybridized carbons (Fsp3) is 0.200. The highest BCUT2D eigenvalue weighted by atomic mass is 35.5. The van der Waals surface area contributed by atoms with Crippen molar-refractivity contribution in [2.24, 2.45) is 0 Å². The summed E-state index contributed by atoms with van der Waals surface area (Å²) in [6.07, 6.45) is 4.37. The van der Waals surface area contributed by atoms with Gasteiger partial charge in [-0.25, -0.2) is 0 Å². The minimum atomic E-state index is 0.0846. The standard InChI is InChI=1S/C10H11ClN6/c11-8-15-9(12)17-10(16-8)14-5-3-7-2-1-4-13-6-7/h1-2,4,6H,3,5H2,(H3,12,14,15,16,17). The Hall–Kier alpha value is -1.95. The monoisotopic (exact) mass is 250 g/mol. The van der Waals surface area contributed by atoms with Gasteiger partial charge >= 0.3 is 0 Å². The molecule has 88 valence electrons. The lowest BCUT2D eigenvalue weighted by Crippen LogP contribution is -2.10. The van der Waals surface area contributed by atoms with Crippen molar-refractivity contribution >= 4 is 23.5 Å². The maximum atomic E-state index is 5.65. The van der Waals surface area contributed by atoms with Crippen LogP contribution in [0.5, 0.6) is 0 Å². The molecule has 2 aromatic heterocycles. The van der Waals surface area contributed by atoms with Gasteiger partial charge in [-0.15, -0.1) is 0 Å². The van der Waals surface area contributed by atoms with Gasteiger partial charge in [0, 0.05) is 18.9 Å². The first-order chi connectivity index (χ1) is 8.24. The van der Waals surface area contributed by atoms with Crippen LogP contribution in [-0.4, -0.2) is 26.5 Å². The molecule has 0 spiro atoms. The smallest absolute Gasteiger partial charge is 0.228 e. The van der Waals surface area contributed by atoms with E-state index in [1.807, 2.05) is 18.3 Å². The molecular weight excluding hydrogens is 240 g/mol. The van der Waals surface area contributed by atoms with Crippen molar-refractivity contribution in [2.75, 3.05) is 17.6 Å². The highest BCUT2D eigenvalue weighted by Crippen LogP contribution is 2.07. The Labute approximate surface area is 103 Å². The summed E-state index contributed by atoms with van der Waals surface area (Å²) >= 11 is 5.65. The van der Waals surface area contributed by atoms with Gasteiger partial charge in [-0.05, 0) is 29.7 Å². The summed E-state index contributed by atoms with van der Waals surface area (Å²) in [4.78, 5) is 15.5. The molecule has 0 amide bonds. The highest BCUT2D eigenvalue weighted by molar-refractivity contribution is 6.28. The minimum absolute atomic E-state index is 0.0846. The SMILES string of the molecule is Nc1nc(Cl)nc(NCCc2cccnc2)n1. The van der Waals surface area contributed by atoms with Gasteiger partial charge in [0.05, 0.1) is 0 Å². The van der Waals surface area contributed by atoms with Crippen molar-refractivity contribution < 1.29 is 0 Å². The Morgan fingerprint density at radius 1 is 1.29 bits per heavy atom. The first kappa shape index (κ1) is 11.5. The summed E-state index contributed by atoms with van der Waals surface area (Å²) < 4.78 is 0. The van der Waals surface area contributed by atoms with E-state index in [-0.39, 0.29) is 11.2 Å². The molecule has 3 N–H and O–H groups in total. The maximum Gasteiger partial charge on any atom is 0.228 e.